The Morgan fingerprint density at radius 2 is 1.64 bits per heavy atom. The number of anilines is 1. The van der Waals surface area contributed by atoms with Gasteiger partial charge in [-0.3, -0.25) is 9.10 Å². The van der Waals surface area contributed by atoms with Crippen molar-refractivity contribution in [2.75, 3.05) is 24.2 Å². The van der Waals surface area contributed by atoms with Crippen molar-refractivity contribution in [2.45, 2.75) is 13.0 Å². The first-order valence-electron chi connectivity index (χ1n) is 7.78. The summed E-state index contributed by atoms with van der Waals surface area (Å²) in [5.74, 6) is -0.615. The number of nitrogens with zero attached hydrogens (tertiary/aromatic N) is 2. The molecule has 0 aliphatic heterocycles. The third-order valence-electron chi connectivity index (χ3n) is 3.73. The van der Waals surface area contributed by atoms with Gasteiger partial charge in [0.25, 0.3) is 0 Å². The number of amides is 1. The zero-order chi connectivity index (χ0) is 18.4. The first-order chi connectivity index (χ1) is 11.8. The van der Waals surface area contributed by atoms with Crippen LogP contribution in [0.3, 0.4) is 0 Å². The van der Waals surface area contributed by atoms with Crippen LogP contribution >= 0.6 is 0 Å². The average Bonchev–Trinajstić information content (AvgIpc) is 2.56. The molecular weight excluding hydrogens is 343 g/mol. The molecule has 0 atom stereocenters. The van der Waals surface area contributed by atoms with E-state index in [1.54, 1.807) is 11.9 Å². The van der Waals surface area contributed by atoms with E-state index >= 15 is 0 Å². The summed E-state index contributed by atoms with van der Waals surface area (Å²) in [6.45, 7) is 0.456. The van der Waals surface area contributed by atoms with Crippen LogP contribution in [0.5, 0.6) is 0 Å². The van der Waals surface area contributed by atoms with Crippen molar-refractivity contribution in [3.63, 3.8) is 0 Å². The summed E-state index contributed by atoms with van der Waals surface area (Å²) < 4.78 is 38.2. The van der Waals surface area contributed by atoms with Gasteiger partial charge in [-0.25, -0.2) is 12.8 Å². The lowest BCUT2D eigenvalue weighted by atomic mass is 10.2. The molecule has 2 rings (SSSR count). The van der Waals surface area contributed by atoms with Crippen molar-refractivity contribution in [1.29, 1.82) is 0 Å². The normalized spacial score (nSPS) is 11.2. The molecule has 2 aromatic rings. The van der Waals surface area contributed by atoms with Crippen molar-refractivity contribution < 1.29 is 17.6 Å². The Labute approximate surface area is 147 Å². The van der Waals surface area contributed by atoms with Crippen LogP contribution < -0.4 is 4.31 Å². The van der Waals surface area contributed by atoms with Crippen molar-refractivity contribution in [3.05, 3.63) is 66.0 Å². The molecule has 1 amide bonds. The fraction of sp³-hybridized carbons (Fsp3) is 0.278. The van der Waals surface area contributed by atoms with Gasteiger partial charge < -0.3 is 4.90 Å². The Morgan fingerprint density at radius 3 is 2.20 bits per heavy atom. The monoisotopic (exact) mass is 364 g/mol. The van der Waals surface area contributed by atoms with Gasteiger partial charge >= 0.3 is 0 Å². The summed E-state index contributed by atoms with van der Waals surface area (Å²) in [5, 5.41) is 0. The predicted octanol–water partition coefficient (Wildman–Crippen LogP) is 2.64. The van der Waals surface area contributed by atoms with E-state index in [1.165, 1.54) is 24.3 Å². The van der Waals surface area contributed by atoms with Gasteiger partial charge in [0, 0.05) is 26.6 Å². The van der Waals surface area contributed by atoms with Crippen LogP contribution in [0.2, 0.25) is 0 Å². The number of hydrogen-bond acceptors (Lipinski definition) is 3. The number of sulfonamides is 1. The molecule has 0 bridgehead atoms. The fourth-order valence-corrected chi connectivity index (χ4v) is 3.35. The standard InChI is InChI=1S/C18H21FN2O3S/c1-20(14-15-6-4-3-5-7-15)18(22)12-13-21(25(2,23)24)17-10-8-16(19)9-11-17/h3-11H,12-14H2,1-2H3. The van der Waals surface area contributed by atoms with E-state index in [9.17, 15) is 17.6 Å². The quantitative estimate of drug-likeness (QED) is 0.759. The molecule has 0 heterocycles. The minimum absolute atomic E-state index is 0.00241. The Morgan fingerprint density at radius 1 is 1.04 bits per heavy atom. The zero-order valence-corrected chi connectivity index (χ0v) is 15.0. The smallest absolute Gasteiger partial charge is 0.232 e. The van der Waals surface area contributed by atoms with Crippen LogP contribution in [0, 0.1) is 5.82 Å². The fourth-order valence-electron chi connectivity index (χ4n) is 2.43. The largest absolute Gasteiger partial charge is 0.341 e. The van der Waals surface area contributed by atoms with Gasteiger partial charge in [-0.1, -0.05) is 30.3 Å². The topological polar surface area (TPSA) is 57.7 Å². The number of hydrogen-bond donors (Lipinski definition) is 0. The minimum Gasteiger partial charge on any atom is -0.341 e. The Hall–Kier alpha value is -2.41. The van der Waals surface area contributed by atoms with Crippen LogP contribution in [0.4, 0.5) is 10.1 Å². The molecule has 0 radical (unpaired) electrons. The first kappa shape index (κ1) is 18.9. The van der Waals surface area contributed by atoms with Crippen LogP contribution in [0.1, 0.15) is 12.0 Å². The second-order valence-electron chi connectivity index (χ2n) is 5.80. The van der Waals surface area contributed by atoms with Gasteiger partial charge in [0.1, 0.15) is 5.82 Å². The molecule has 134 valence electrons. The summed E-state index contributed by atoms with van der Waals surface area (Å²) in [7, 11) is -1.89. The molecule has 0 aliphatic carbocycles. The lowest BCUT2D eigenvalue weighted by Gasteiger charge is -2.24. The minimum atomic E-state index is -3.57. The van der Waals surface area contributed by atoms with Gasteiger partial charge in [0.05, 0.1) is 11.9 Å². The van der Waals surface area contributed by atoms with Gasteiger partial charge in [-0.15, -0.1) is 0 Å². The molecule has 0 aliphatic rings. The van der Waals surface area contributed by atoms with Crippen molar-refractivity contribution in [2.24, 2.45) is 0 Å². The third kappa shape index (κ3) is 5.56. The Bertz CT molecular complexity index is 808. The summed E-state index contributed by atoms with van der Waals surface area (Å²) in [6.07, 6.45) is 1.10. The molecule has 0 saturated heterocycles. The van der Waals surface area contributed by atoms with Crippen LogP contribution in [0.25, 0.3) is 0 Å². The van der Waals surface area contributed by atoms with Gasteiger partial charge in [-0.2, -0.15) is 0 Å². The zero-order valence-electron chi connectivity index (χ0n) is 14.2. The maximum atomic E-state index is 13.0. The van der Waals surface area contributed by atoms with Crippen molar-refractivity contribution in [1.82, 2.24) is 4.90 Å². The Kier molecular flexibility index (Phi) is 6.14. The maximum absolute atomic E-state index is 13.0. The van der Waals surface area contributed by atoms with Gasteiger partial charge in [0.15, 0.2) is 0 Å². The molecule has 7 heteroatoms. The SMILES string of the molecule is CN(Cc1ccccc1)C(=O)CCN(c1ccc(F)cc1)S(C)(=O)=O. The lowest BCUT2D eigenvalue weighted by molar-refractivity contribution is -0.130. The van der Waals surface area contributed by atoms with E-state index in [0.29, 0.717) is 12.2 Å². The Balaban J connectivity index is 2.02. The highest BCUT2D eigenvalue weighted by molar-refractivity contribution is 7.92. The highest BCUT2D eigenvalue weighted by Crippen LogP contribution is 2.18. The van der Waals surface area contributed by atoms with E-state index in [4.69, 9.17) is 0 Å². The molecule has 0 fully saturated rings. The number of benzene rings is 2. The van der Waals surface area contributed by atoms with Crippen molar-refractivity contribution >= 4 is 21.6 Å². The summed E-state index contributed by atoms with van der Waals surface area (Å²) in [4.78, 5) is 13.9. The highest BCUT2D eigenvalue weighted by Gasteiger charge is 2.20. The van der Waals surface area contributed by atoms with Crippen LogP contribution in [0.15, 0.2) is 54.6 Å². The molecular formula is C18H21FN2O3S. The molecule has 0 saturated carbocycles. The van der Waals surface area contributed by atoms with E-state index in [2.05, 4.69) is 0 Å². The molecule has 5 nitrogen and oxygen atoms in total. The second kappa shape index (κ2) is 8.11. The molecule has 0 aromatic heterocycles. The number of carbonyl (C=O) groups is 1. The lowest BCUT2D eigenvalue weighted by Crippen LogP contribution is -2.35. The van der Waals surface area contributed by atoms with Gasteiger partial charge in [0.2, 0.25) is 15.9 Å². The second-order valence-corrected chi connectivity index (χ2v) is 7.70. The molecule has 25 heavy (non-hydrogen) atoms. The number of halogens is 1. The summed E-state index contributed by atoms with van der Waals surface area (Å²) >= 11 is 0. The first-order valence-corrected chi connectivity index (χ1v) is 9.63. The molecule has 0 spiro atoms. The van der Waals surface area contributed by atoms with E-state index in [-0.39, 0.29) is 18.9 Å². The molecule has 0 unspecified atom stereocenters. The average molecular weight is 364 g/mol. The third-order valence-corrected chi connectivity index (χ3v) is 4.93. The number of carbonyl (C=O) groups excluding carboxylic acids is 1. The molecule has 0 N–H and O–H groups in total. The molecule has 2 aromatic carbocycles. The van der Waals surface area contributed by atoms with E-state index in [0.717, 1.165) is 16.1 Å². The summed E-state index contributed by atoms with van der Waals surface area (Å²) in [6, 6.07) is 14.7. The van der Waals surface area contributed by atoms with Crippen molar-refractivity contribution in [3.8, 4) is 0 Å². The van der Waals surface area contributed by atoms with E-state index < -0.39 is 15.8 Å². The predicted molar refractivity (Wildman–Crippen MR) is 96.1 cm³/mol. The van der Waals surface area contributed by atoms with Crippen LogP contribution in [-0.2, 0) is 21.4 Å². The summed E-state index contributed by atoms with van der Waals surface area (Å²) in [5.41, 5.74) is 1.33. The van der Waals surface area contributed by atoms with Crippen LogP contribution in [-0.4, -0.2) is 39.1 Å². The number of rotatable bonds is 7. The maximum Gasteiger partial charge on any atom is 0.232 e. The van der Waals surface area contributed by atoms with E-state index in [1.807, 2.05) is 30.3 Å². The highest BCUT2D eigenvalue weighted by atomic mass is 32.2. The van der Waals surface area contributed by atoms with Gasteiger partial charge in [-0.05, 0) is 29.8 Å².